The predicted octanol–water partition coefficient (Wildman–Crippen LogP) is 1.88. The molecule has 2 aliphatic carbocycles. The van der Waals surface area contributed by atoms with Crippen LogP contribution in [0, 0.1) is 0 Å². The number of aromatic nitrogens is 2. The summed E-state index contributed by atoms with van der Waals surface area (Å²) >= 11 is 0. The second-order valence-electron chi connectivity index (χ2n) is 13.8. The zero-order valence-electron chi connectivity index (χ0n) is 27.6. The minimum atomic E-state index is -1.28. The van der Waals surface area contributed by atoms with E-state index in [1.54, 1.807) is 34.0 Å². The summed E-state index contributed by atoms with van der Waals surface area (Å²) in [6, 6.07) is 2.38. The number of aliphatic hydroxyl groups is 1. The number of alkyl carbamates (subject to hydrolysis) is 1. The molecule has 4 aliphatic rings. The second kappa shape index (κ2) is 12.1. The number of esters is 1. The summed E-state index contributed by atoms with van der Waals surface area (Å²) in [6.45, 7) is 5.77. The Kier molecular flexibility index (Phi) is 8.40. The topological polar surface area (TPSA) is 191 Å². The Labute approximate surface area is 277 Å². The van der Waals surface area contributed by atoms with E-state index >= 15 is 0 Å². The number of piperidine rings is 1. The first-order valence-corrected chi connectivity index (χ1v) is 15.9. The van der Waals surface area contributed by atoms with E-state index in [9.17, 15) is 29.4 Å². The van der Waals surface area contributed by atoms with E-state index in [1.165, 1.54) is 6.20 Å². The maximum absolute atomic E-state index is 13.9. The van der Waals surface area contributed by atoms with Gasteiger partial charge in [0.05, 0.1) is 23.8 Å². The number of hydrogen-bond acceptors (Lipinski definition) is 11. The number of likely N-dealkylation sites (N-methyl/N-ethyl adjacent to an activating group) is 1. The molecular formula is C33H41N5O10. The molecule has 1 saturated heterocycles. The summed E-state index contributed by atoms with van der Waals surface area (Å²) in [5, 5.41) is 26.9. The largest absolute Gasteiger partial charge is 0.493 e. The number of methoxy groups -OCH3 is 1. The highest BCUT2D eigenvalue weighted by Crippen LogP contribution is 2.65. The number of likely N-dealkylation sites (tertiary alicyclic amines) is 1. The van der Waals surface area contributed by atoms with Crippen molar-refractivity contribution in [1.29, 1.82) is 0 Å². The number of nitrogens with one attached hydrogen (secondary N) is 2. The van der Waals surface area contributed by atoms with Crippen LogP contribution in [0.5, 0.6) is 11.5 Å². The van der Waals surface area contributed by atoms with Gasteiger partial charge in [-0.2, -0.15) is 0 Å². The quantitative estimate of drug-likeness (QED) is 0.285. The summed E-state index contributed by atoms with van der Waals surface area (Å²) in [5.74, 6) is -0.149. The molecule has 1 fully saturated rings. The average molecular weight is 668 g/mol. The van der Waals surface area contributed by atoms with Crippen molar-refractivity contribution < 1.29 is 48.3 Å². The van der Waals surface area contributed by atoms with E-state index in [0.29, 0.717) is 30.9 Å². The van der Waals surface area contributed by atoms with Gasteiger partial charge >= 0.3 is 18.2 Å². The third-order valence-electron chi connectivity index (χ3n) is 9.69. The maximum Gasteiger partial charge on any atom is 0.416 e. The Morgan fingerprint density at radius 3 is 2.69 bits per heavy atom. The summed E-state index contributed by atoms with van der Waals surface area (Å²) in [5.41, 5.74) is -0.681. The molecule has 15 heteroatoms. The Balaban J connectivity index is 1.25. The van der Waals surface area contributed by atoms with Crippen LogP contribution in [0.4, 0.5) is 9.59 Å². The predicted molar refractivity (Wildman–Crippen MR) is 168 cm³/mol. The van der Waals surface area contributed by atoms with E-state index < -0.39 is 52.8 Å². The van der Waals surface area contributed by atoms with E-state index in [2.05, 4.69) is 20.5 Å². The third-order valence-corrected chi connectivity index (χ3v) is 9.69. The van der Waals surface area contributed by atoms with Gasteiger partial charge in [0.2, 0.25) is 5.91 Å². The Hall–Kier alpha value is -4.63. The number of carbonyl (C=O) groups is 4. The van der Waals surface area contributed by atoms with E-state index in [4.69, 9.17) is 18.9 Å². The summed E-state index contributed by atoms with van der Waals surface area (Å²) in [7, 11) is 3.55. The number of rotatable bonds is 9. The van der Waals surface area contributed by atoms with Crippen LogP contribution >= 0.6 is 0 Å². The molecule has 1 spiro atoms. The first-order valence-electron chi connectivity index (χ1n) is 15.9. The highest BCUT2D eigenvalue weighted by atomic mass is 16.6. The molecule has 15 nitrogen and oxygen atoms in total. The lowest BCUT2D eigenvalue weighted by Crippen LogP contribution is -2.74. The molecule has 2 aromatic rings. The molecular weight excluding hydrogens is 626 g/mol. The Bertz CT molecular complexity index is 1680. The molecule has 0 saturated carbocycles. The molecule has 1 unspecified atom stereocenters. The first kappa shape index (κ1) is 33.3. The molecule has 6 rings (SSSR count). The molecule has 1 aromatic carbocycles. The summed E-state index contributed by atoms with van der Waals surface area (Å²) < 4.78 is 24.3. The van der Waals surface area contributed by atoms with Crippen LogP contribution in [-0.2, 0) is 37.3 Å². The van der Waals surface area contributed by atoms with Gasteiger partial charge in [0, 0.05) is 43.6 Å². The molecule has 3 heterocycles. The standard InChI is InChI=1S/C33H41N5O10/c1-31(2,3)48-29(41)34-12-9-24(39)36-20(15-19-16-38(17-35-19)30(42)43)28(40)46-22-8-10-33(44)23-14-18-6-7-21(45-5)26-25(18)32(33,27(22)47-26)11-13-37(23)4/h6-8,16-17,20,23,27,44H,9-15H2,1-5H3,(H,34,41)(H,36,39)(H,42,43)/t20?,23-,27+,32+,33-/m1/s1. The van der Waals surface area contributed by atoms with Crippen molar-refractivity contribution in [2.45, 2.75) is 87.7 Å². The van der Waals surface area contributed by atoms with Crippen molar-refractivity contribution in [1.82, 2.24) is 25.1 Å². The zero-order valence-corrected chi connectivity index (χ0v) is 27.6. The fraction of sp³-hybridized carbons (Fsp3) is 0.545. The van der Waals surface area contributed by atoms with Crippen molar-refractivity contribution in [3.8, 4) is 11.5 Å². The highest BCUT2D eigenvalue weighted by Gasteiger charge is 2.72. The average Bonchev–Trinajstić information content (AvgIpc) is 3.62. The Morgan fingerprint density at radius 1 is 1.23 bits per heavy atom. The summed E-state index contributed by atoms with van der Waals surface area (Å²) in [4.78, 5) is 56.6. The van der Waals surface area contributed by atoms with Crippen LogP contribution in [0.2, 0.25) is 0 Å². The molecule has 48 heavy (non-hydrogen) atoms. The van der Waals surface area contributed by atoms with Gasteiger partial charge < -0.3 is 44.7 Å². The van der Waals surface area contributed by atoms with Gasteiger partial charge in [0.25, 0.3) is 0 Å². The first-order chi connectivity index (χ1) is 22.7. The van der Waals surface area contributed by atoms with Crippen molar-refractivity contribution in [3.63, 3.8) is 0 Å². The molecule has 2 aliphatic heterocycles. The summed E-state index contributed by atoms with van der Waals surface area (Å²) in [6.07, 6.45) is 2.23. The van der Waals surface area contributed by atoms with Crippen LogP contribution in [0.25, 0.3) is 0 Å². The highest BCUT2D eigenvalue weighted by molar-refractivity contribution is 5.85. The van der Waals surface area contributed by atoms with Gasteiger partial charge in [-0.3, -0.25) is 4.79 Å². The van der Waals surface area contributed by atoms with Crippen LogP contribution in [0.15, 0.2) is 36.5 Å². The molecule has 258 valence electrons. The number of hydrogen-bond donors (Lipinski definition) is 4. The van der Waals surface area contributed by atoms with E-state index in [-0.39, 0.29) is 43.3 Å². The fourth-order valence-corrected chi connectivity index (χ4v) is 7.61. The van der Waals surface area contributed by atoms with Crippen LogP contribution in [-0.4, -0.2) is 105 Å². The molecule has 0 radical (unpaired) electrons. The third kappa shape index (κ3) is 5.64. The number of ether oxygens (including phenoxy) is 4. The smallest absolute Gasteiger partial charge is 0.416 e. The number of benzene rings is 1. The van der Waals surface area contributed by atoms with Gasteiger partial charge in [0.15, 0.2) is 17.6 Å². The van der Waals surface area contributed by atoms with Crippen molar-refractivity contribution in [2.24, 2.45) is 0 Å². The van der Waals surface area contributed by atoms with Gasteiger partial charge in [-0.25, -0.2) is 23.9 Å². The molecule has 4 N–H and O–H groups in total. The lowest BCUT2D eigenvalue weighted by atomic mass is 9.50. The van der Waals surface area contributed by atoms with Crippen molar-refractivity contribution >= 4 is 24.1 Å². The van der Waals surface area contributed by atoms with Crippen LogP contribution < -0.4 is 20.1 Å². The number of carbonyl (C=O) groups excluding carboxylic acids is 3. The maximum atomic E-state index is 13.9. The molecule has 2 amide bonds. The van der Waals surface area contributed by atoms with Gasteiger partial charge in [-0.15, -0.1) is 0 Å². The normalized spacial score (nSPS) is 25.9. The van der Waals surface area contributed by atoms with Crippen molar-refractivity contribution in [2.75, 3.05) is 27.2 Å². The molecule has 2 bridgehead atoms. The second-order valence-corrected chi connectivity index (χ2v) is 13.8. The Morgan fingerprint density at radius 2 is 2.00 bits per heavy atom. The van der Waals surface area contributed by atoms with E-state index in [1.807, 2.05) is 19.2 Å². The van der Waals surface area contributed by atoms with Gasteiger partial charge in [0.1, 0.15) is 23.7 Å². The lowest BCUT2D eigenvalue weighted by Gasteiger charge is -2.61. The fourth-order valence-electron chi connectivity index (χ4n) is 7.61. The van der Waals surface area contributed by atoms with Crippen LogP contribution in [0.1, 0.15) is 56.9 Å². The number of imidazole rings is 1. The van der Waals surface area contributed by atoms with E-state index in [0.717, 1.165) is 22.0 Å². The monoisotopic (exact) mass is 667 g/mol. The van der Waals surface area contributed by atoms with Gasteiger partial charge in [-0.05, 0) is 64.9 Å². The number of amides is 2. The van der Waals surface area contributed by atoms with Crippen LogP contribution in [0.3, 0.4) is 0 Å². The number of nitrogens with zero attached hydrogens (tertiary/aromatic N) is 3. The SMILES string of the molecule is COc1ccc2c3c1O[C@H]1C(OC(=O)C(Cc4cn(C(=O)O)cn4)NC(=O)CCNC(=O)OC(C)(C)C)=CC[C@@]4(O)[C@@H](C2)N(C)CC[C@]314. The minimum absolute atomic E-state index is 0.0592. The molecule has 5 atom stereocenters. The molecule has 1 aromatic heterocycles. The lowest BCUT2D eigenvalue weighted by molar-refractivity contribution is -0.170. The van der Waals surface area contributed by atoms with Gasteiger partial charge in [-0.1, -0.05) is 6.07 Å². The minimum Gasteiger partial charge on any atom is -0.493 e. The number of carboxylic acid groups (broad SMARTS) is 1. The zero-order chi connectivity index (χ0) is 34.6. The van der Waals surface area contributed by atoms with Crippen molar-refractivity contribution in [3.05, 3.63) is 53.3 Å².